The molecule has 9 heteroatoms. The lowest BCUT2D eigenvalue weighted by Gasteiger charge is -2.43. The zero-order valence-electron chi connectivity index (χ0n) is 17.7. The van der Waals surface area contributed by atoms with E-state index in [0.29, 0.717) is 13.0 Å². The predicted octanol–water partition coefficient (Wildman–Crippen LogP) is 3.27. The Hall–Kier alpha value is -1.26. The molecular formula is C22H29NO5S3. The SMILES string of the molecule is CCCS(=O)(=O)c1ccccc1S(=O)(=O)CCN1CCC2(CC1)OCCc1ccsc12. The lowest BCUT2D eigenvalue weighted by atomic mass is 9.85. The van der Waals surface area contributed by atoms with Gasteiger partial charge in [0.15, 0.2) is 19.7 Å². The second-order valence-electron chi connectivity index (χ2n) is 8.29. The number of hydrogen-bond acceptors (Lipinski definition) is 7. The molecule has 170 valence electrons. The van der Waals surface area contributed by atoms with Gasteiger partial charge >= 0.3 is 0 Å². The molecule has 0 N–H and O–H groups in total. The van der Waals surface area contributed by atoms with E-state index in [0.717, 1.165) is 39.0 Å². The van der Waals surface area contributed by atoms with Gasteiger partial charge in [0.2, 0.25) is 0 Å². The number of likely N-dealkylation sites (tertiary alicyclic amines) is 1. The van der Waals surface area contributed by atoms with Crippen molar-refractivity contribution in [2.75, 3.05) is 37.7 Å². The van der Waals surface area contributed by atoms with Crippen molar-refractivity contribution >= 4 is 31.0 Å². The number of fused-ring (bicyclic) bond motifs is 2. The Morgan fingerprint density at radius 3 is 2.29 bits per heavy atom. The number of ether oxygens (including phenoxy) is 1. The maximum absolute atomic E-state index is 13.1. The molecule has 1 fully saturated rings. The number of piperidine rings is 1. The molecule has 1 aromatic carbocycles. The first-order valence-electron chi connectivity index (χ1n) is 10.8. The first kappa shape index (κ1) is 22.9. The minimum absolute atomic E-state index is 0.0571. The minimum Gasteiger partial charge on any atom is -0.369 e. The van der Waals surface area contributed by atoms with E-state index in [-0.39, 0.29) is 26.9 Å². The van der Waals surface area contributed by atoms with Crippen LogP contribution in [0.5, 0.6) is 0 Å². The molecule has 0 atom stereocenters. The first-order valence-corrected chi connectivity index (χ1v) is 14.9. The van der Waals surface area contributed by atoms with Crippen LogP contribution in [0.2, 0.25) is 0 Å². The zero-order valence-corrected chi connectivity index (χ0v) is 20.2. The summed E-state index contributed by atoms with van der Waals surface area (Å²) in [5, 5.41) is 2.13. The Morgan fingerprint density at radius 2 is 1.65 bits per heavy atom. The van der Waals surface area contributed by atoms with Crippen molar-refractivity contribution in [3.63, 3.8) is 0 Å². The van der Waals surface area contributed by atoms with Crippen molar-refractivity contribution in [3.05, 3.63) is 46.2 Å². The highest BCUT2D eigenvalue weighted by molar-refractivity contribution is 7.94. The summed E-state index contributed by atoms with van der Waals surface area (Å²) in [6, 6.07) is 8.17. The number of benzene rings is 1. The minimum atomic E-state index is -3.71. The van der Waals surface area contributed by atoms with Crippen molar-refractivity contribution in [2.24, 2.45) is 0 Å². The molecule has 0 radical (unpaired) electrons. The standard InChI is InChI=1S/C22H29NO5S3/c1-2-16-30(24,25)19-5-3-4-6-20(19)31(26,27)17-13-23-11-9-22(10-12-23)21-18(7-14-28-22)8-15-29-21/h3-6,8,15H,2,7,9-14,16-17H2,1H3. The van der Waals surface area contributed by atoms with Crippen LogP contribution in [0, 0.1) is 0 Å². The average Bonchev–Trinajstić information content (AvgIpc) is 3.24. The Bertz CT molecular complexity index is 1130. The van der Waals surface area contributed by atoms with Gasteiger partial charge in [0.05, 0.1) is 27.9 Å². The number of hydrogen-bond donors (Lipinski definition) is 0. The summed E-state index contributed by atoms with van der Waals surface area (Å²) in [6.07, 6.45) is 3.10. The zero-order chi connectivity index (χ0) is 22.1. The van der Waals surface area contributed by atoms with E-state index < -0.39 is 19.7 Å². The third kappa shape index (κ3) is 4.61. The molecule has 2 aliphatic rings. The van der Waals surface area contributed by atoms with Crippen LogP contribution >= 0.6 is 11.3 Å². The molecule has 0 saturated carbocycles. The highest BCUT2D eigenvalue weighted by Crippen LogP contribution is 2.44. The summed E-state index contributed by atoms with van der Waals surface area (Å²) in [5.74, 6) is -0.151. The van der Waals surface area contributed by atoms with Gasteiger partial charge in [0, 0.05) is 24.5 Å². The topological polar surface area (TPSA) is 80.8 Å². The van der Waals surface area contributed by atoms with E-state index in [9.17, 15) is 16.8 Å². The van der Waals surface area contributed by atoms with Gasteiger partial charge in [0.1, 0.15) is 5.60 Å². The summed E-state index contributed by atoms with van der Waals surface area (Å²) < 4.78 is 57.5. The van der Waals surface area contributed by atoms with Gasteiger partial charge in [-0.15, -0.1) is 11.3 Å². The summed E-state index contributed by atoms with van der Waals surface area (Å²) in [5.41, 5.74) is 1.16. The number of nitrogens with zero attached hydrogens (tertiary/aromatic N) is 1. The molecule has 1 spiro atoms. The smallest absolute Gasteiger partial charge is 0.180 e. The molecule has 2 aromatic rings. The Labute approximate surface area is 189 Å². The van der Waals surface area contributed by atoms with Gasteiger partial charge in [-0.2, -0.15) is 0 Å². The van der Waals surface area contributed by atoms with Crippen molar-refractivity contribution in [3.8, 4) is 0 Å². The van der Waals surface area contributed by atoms with Gasteiger partial charge in [-0.25, -0.2) is 16.8 Å². The van der Waals surface area contributed by atoms with Crippen LogP contribution in [-0.4, -0.2) is 59.5 Å². The Kier molecular flexibility index (Phi) is 6.61. The van der Waals surface area contributed by atoms with Gasteiger partial charge in [-0.3, -0.25) is 0 Å². The predicted molar refractivity (Wildman–Crippen MR) is 122 cm³/mol. The van der Waals surface area contributed by atoms with Crippen LogP contribution < -0.4 is 0 Å². The number of sulfone groups is 2. The number of rotatable bonds is 7. The fourth-order valence-corrected chi connectivity index (χ4v) is 9.29. The molecule has 1 saturated heterocycles. The summed E-state index contributed by atoms with van der Waals surface area (Å²) in [6.45, 7) is 4.43. The molecule has 31 heavy (non-hydrogen) atoms. The van der Waals surface area contributed by atoms with Crippen LogP contribution in [0.25, 0.3) is 0 Å². The van der Waals surface area contributed by atoms with Crippen LogP contribution in [0.3, 0.4) is 0 Å². The van der Waals surface area contributed by atoms with Gasteiger partial charge in [0.25, 0.3) is 0 Å². The molecule has 0 unspecified atom stereocenters. The first-order chi connectivity index (χ1) is 14.8. The largest absolute Gasteiger partial charge is 0.369 e. The Morgan fingerprint density at radius 1 is 1.00 bits per heavy atom. The van der Waals surface area contributed by atoms with Crippen molar-refractivity contribution < 1.29 is 21.6 Å². The van der Waals surface area contributed by atoms with E-state index in [4.69, 9.17) is 4.74 Å². The maximum atomic E-state index is 13.1. The summed E-state index contributed by atoms with van der Waals surface area (Å²) in [7, 11) is -7.33. The quantitative estimate of drug-likeness (QED) is 0.601. The molecular weight excluding hydrogens is 454 g/mol. The molecule has 0 amide bonds. The van der Waals surface area contributed by atoms with E-state index in [1.807, 2.05) is 0 Å². The lowest BCUT2D eigenvalue weighted by molar-refractivity contribution is -0.0943. The molecule has 2 aliphatic heterocycles. The van der Waals surface area contributed by atoms with E-state index >= 15 is 0 Å². The maximum Gasteiger partial charge on any atom is 0.180 e. The van der Waals surface area contributed by atoms with Crippen LogP contribution in [0.1, 0.15) is 36.6 Å². The third-order valence-corrected chi connectivity index (χ3v) is 11.2. The van der Waals surface area contributed by atoms with Crippen LogP contribution in [0.4, 0.5) is 0 Å². The highest BCUT2D eigenvalue weighted by Gasteiger charge is 2.41. The normalized spacial score (nSPS) is 19.4. The van der Waals surface area contributed by atoms with Crippen molar-refractivity contribution in [1.29, 1.82) is 0 Å². The molecule has 3 heterocycles. The average molecular weight is 484 g/mol. The molecule has 4 rings (SSSR count). The molecule has 0 bridgehead atoms. The Balaban J connectivity index is 1.43. The monoisotopic (exact) mass is 483 g/mol. The fourth-order valence-electron chi connectivity index (χ4n) is 4.57. The van der Waals surface area contributed by atoms with E-state index in [1.54, 1.807) is 30.4 Å². The molecule has 6 nitrogen and oxygen atoms in total. The highest BCUT2D eigenvalue weighted by atomic mass is 32.2. The second kappa shape index (κ2) is 8.94. The van der Waals surface area contributed by atoms with Gasteiger partial charge in [-0.1, -0.05) is 19.1 Å². The lowest BCUT2D eigenvalue weighted by Crippen LogP contribution is -2.47. The van der Waals surface area contributed by atoms with Crippen molar-refractivity contribution in [1.82, 2.24) is 4.90 Å². The van der Waals surface area contributed by atoms with Gasteiger partial charge in [-0.05, 0) is 54.8 Å². The van der Waals surface area contributed by atoms with Crippen LogP contribution in [-0.2, 0) is 36.4 Å². The summed E-state index contributed by atoms with van der Waals surface area (Å²) in [4.78, 5) is 3.34. The summed E-state index contributed by atoms with van der Waals surface area (Å²) >= 11 is 1.76. The van der Waals surface area contributed by atoms with E-state index in [2.05, 4.69) is 16.3 Å². The number of thiophene rings is 1. The second-order valence-corrected chi connectivity index (χ2v) is 13.4. The van der Waals surface area contributed by atoms with Crippen LogP contribution in [0.15, 0.2) is 45.5 Å². The van der Waals surface area contributed by atoms with Crippen molar-refractivity contribution in [2.45, 2.75) is 48.0 Å². The fraction of sp³-hybridized carbons (Fsp3) is 0.545. The third-order valence-electron chi connectivity index (χ3n) is 6.24. The van der Waals surface area contributed by atoms with E-state index in [1.165, 1.54) is 22.6 Å². The van der Waals surface area contributed by atoms with Gasteiger partial charge < -0.3 is 9.64 Å². The molecule has 1 aromatic heterocycles. The molecule has 0 aliphatic carbocycles.